The molecule has 3 N–H and O–H groups in total. The average molecular weight is 287 g/mol. The van der Waals surface area contributed by atoms with E-state index in [1.54, 1.807) is 0 Å². The van der Waals surface area contributed by atoms with Gasteiger partial charge in [-0.3, -0.25) is 10.6 Å². The van der Waals surface area contributed by atoms with E-state index >= 15 is 0 Å². The number of nitrogens with two attached hydrogens (primary N) is 1. The molecule has 21 heavy (non-hydrogen) atoms. The number of carbonyl (C=O) groups excluding carboxylic acids is 1. The van der Waals surface area contributed by atoms with Crippen LogP contribution in [-0.4, -0.2) is 23.9 Å². The number of piperidine rings is 1. The van der Waals surface area contributed by atoms with E-state index in [4.69, 9.17) is 5.84 Å². The van der Waals surface area contributed by atoms with E-state index in [2.05, 4.69) is 24.5 Å². The van der Waals surface area contributed by atoms with Crippen LogP contribution in [0.4, 0.5) is 0 Å². The fourth-order valence-electron chi connectivity index (χ4n) is 3.67. The van der Waals surface area contributed by atoms with Crippen molar-refractivity contribution in [3.63, 3.8) is 0 Å². The summed E-state index contributed by atoms with van der Waals surface area (Å²) in [4.78, 5) is 14.7. The Hall–Kier alpha value is -1.39. The molecule has 1 aliphatic heterocycles. The van der Waals surface area contributed by atoms with Gasteiger partial charge in [0, 0.05) is 18.5 Å². The van der Waals surface area contributed by atoms with Crippen molar-refractivity contribution in [3.05, 3.63) is 35.9 Å². The standard InChI is InChI=1S/C17H25N3O/c1-16(8-5-9-16)15(21)20-12-10-17(19-18,11-13-20)14-6-3-2-4-7-14/h2-4,6-7,19H,5,8-13,18H2,1H3. The number of nitrogens with zero attached hydrogens (tertiary/aromatic N) is 1. The zero-order valence-corrected chi connectivity index (χ0v) is 12.8. The molecule has 1 saturated carbocycles. The van der Waals surface area contributed by atoms with Gasteiger partial charge in [-0.15, -0.1) is 0 Å². The van der Waals surface area contributed by atoms with Crippen LogP contribution in [0.5, 0.6) is 0 Å². The van der Waals surface area contributed by atoms with Gasteiger partial charge in [0.15, 0.2) is 0 Å². The third kappa shape index (κ3) is 2.47. The van der Waals surface area contributed by atoms with Crippen molar-refractivity contribution in [2.75, 3.05) is 13.1 Å². The number of likely N-dealkylation sites (tertiary alicyclic amines) is 1. The Labute approximate surface area is 126 Å². The molecule has 0 bridgehead atoms. The van der Waals surface area contributed by atoms with E-state index in [9.17, 15) is 4.79 Å². The molecule has 1 aromatic carbocycles. The van der Waals surface area contributed by atoms with E-state index in [1.165, 1.54) is 12.0 Å². The molecule has 4 heteroatoms. The van der Waals surface area contributed by atoms with E-state index in [0.29, 0.717) is 5.91 Å². The highest BCUT2D eigenvalue weighted by Crippen LogP contribution is 2.43. The van der Waals surface area contributed by atoms with Crippen LogP contribution < -0.4 is 11.3 Å². The Balaban J connectivity index is 1.70. The number of hydrogen-bond donors (Lipinski definition) is 2. The van der Waals surface area contributed by atoms with Crippen molar-refractivity contribution in [1.29, 1.82) is 0 Å². The van der Waals surface area contributed by atoms with Crippen molar-refractivity contribution in [2.24, 2.45) is 11.3 Å². The number of hydrogen-bond acceptors (Lipinski definition) is 3. The zero-order chi connectivity index (χ0) is 14.9. The van der Waals surface area contributed by atoms with Crippen LogP contribution in [0.2, 0.25) is 0 Å². The van der Waals surface area contributed by atoms with Gasteiger partial charge in [0.1, 0.15) is 0 Å². The van der Waals surface area contributed by atoms with Crippen molar-refractivity contribution in [3.8, 4) is 0 Å². The number of carbonyl (C=O) groups is 1. The Morgan fingerprint density at radius 2 is 1.76 bits per heavy atom. The van der Waals surface area contributed by atoms with Gasteiger partial charge in [0.05, 0.1) is 5.54 Å². The molecule has 2 aliphatic rings. The molecule has 0 radical (unpaired) electrons. The summed E-state index contributed by atoms with van der Waals surface area (Å²) in [6.07, 6.45) is 5.02. The van der Waals surface area contributed by atoms with Gasteiger partial charge in [-0.25, -0.2) is 5.43 Å². The van der Waals surface area contributed by atoms with Gasteiger partial charge in [0.2, 0.25) is 5.91 Å². The second-order valence-corrected chi connectivity index (χ2v) is 6.80. The quantitative estimate of drug-likeness (QED) is 0.661. The molecular formula is C17H25N3O. The molecular weight excluding hydrogens is 262 g/mol. The van der Waals surface area contributed by atoms with Crippen LogP contribution in [0.25, 0.3) is 0 Å². The third-order valence-electron chi connectivity index (χ3n) is 5.48. The van der Waals surface area contributed by atoms with Gasteiger partial charge in [-0.05, 0) is 31.2 Å². The van der Waals surface area contributed by atoms with E-state index in [-0.39, 0.29) is 11.0 Å². The molecule has 0 unspecified atom stereocenters. The summed E-state index contributed by atoms with van der Waals surface area (Å²) in [5.41, 5.74) is 3.95. The van der Waals surface area contributed by atoms with Gasteiger partial charge in [-0.2, -0.15) is 0 Å². The number of hydrazine groups is 1. The SMILES string of the molecule is CC1(C(=O)N2CCC(NN)(c3ccccc3)CC2)CCC1. The molecule has 1 heterocycles. The van der Waals surface area contributed by atoms with Crippen LogP contribution in [-0.2, 0) is 10.3 Å². The maximum atomic E-state index is 12.6. The molecule has 1 aliphatic carbocycles. The topological polar surface area (TPSA) is 58.4 Å². The number of nitrogens with one attached hydrogen (secondary N) is 1. The Morgan fingerprint density at radius 3 is 2.24 bits per heavy atom. The van der Waals surface area contributed by atoms with Crippen LogP contribution in [0.3, 0.4) is 0 Å². The maximum absolute atomic E-state index is 12.6. The summed E-state index contributed by atoms with van der Waals surface area (Å²) in [6.45, 7) is 3.68. The van der Waals surface area contributed by atoms with Gasteiger partial charge < -0.3 is 4.90 Å². The first-order valence-electron chi connectivity index (χ1n) is 7.92. The molecule has 1 saturated heterocycles. The molecule has 4 nitrogen and oxygen atoms in total. The molecule has 0 atom stereocenters. The Bertz CT molecular complexity index is 502. The minimum atomic E-state index is -0.196. The van der Waals surface area contributed by atoms with Gasteiger partial charge in [0.25, 0.3) is 0 Å². The molecule has 0 aromatic heterocycles. The lowest BCUT2D eigenvalue weighted by atomic mass is 9.69. The average Bonchev–Trinajstić information content (AvgIpc) is 2.53. The first-order valence-corrected chi connectivity index (χ1v) is 7.92. The monoisotopic (exact) mass is 287 g/mol. The Kier molecular flexibility index (Phi) is 3.76. The first kappa shape index (κ1) is 14.5. The summed E-state index contributed by atoms with van der Waals surface area (Å²) in [5.74, 6) is 6.20. The minimum absolute atomic E-state index is 0.0944. The first-order chi connectivity index (χ1) is 10.1. The second kappa shape index (κ2) is 5.43. The van der Waals surface area contributed by atoms with Crippen molar-refractivity contribution < 1.29 is 4.79 Å². The third-order valence-corrected chi connectivity index (χ3v) is 5.48. The molecule has 2 fully saturated rings. The highest BCUT2D eigenvalue weighted by atomic mass is 16.2. The molecule has 1 amide bonds. The van der Waals surface area contributed by atoms with Crippen LogP contribution in [0.1, 0.15) is 44.6 Å². The van der Waals surface area contributed by atoms with Crippen LogP contribution in [0.15, 0.2) is 30.3 Å². The molecule has 3 rings (SSSR count). The van der Waals surface area contributed by atoms with Gasteiger partial charge >= 0.3 is 0 Å². The summed E-state index contributed by atoms with van der Waals surface area (Å²) >= 11 is 0. The summed E-state index contributed by atoms with van der Waals surface area (Å²) in [5, 5.41) is 0. The molecule has 114 valence electrons. The molecule has 1 aromatic rings. The normalized spacial score (nSPS) is 23.4. The lowest BCUT2D eigenvalue weighted by Gasteiger charge is -2.46. The lowest BCUT2D eigenvalue weighted by Crippen LogP contribution is -2.57. The van der Waals surface area contributed by atoms with Crippen molar-refractivity contribution in [1.82, 2.24) is 10.3 Å². The summed E-state index contributed by atoms with van der Waals surface area (Å²) < 4.78 is 0. The van der Waals surface area contributed by atoms with Crippen molar-refractivity contribution in [2.45, 2.75) is 44.6 Å². The second-order valence-electron chi connectivity index (χ2n) is 6.80. The lowest BCUT2D eigenvalue weighted by molar-refractivity contribution is -0.148. The number of benzene rings is 1. The fourth-order valence-corrected chi connectivity index (χ4v) is 3.67. The smallest absolute Gasteiger partial charge is 0.228 e. The van der Waals surface area contributed by atoms with Gasteiger partial charge in [-0.1, -0.05) is 43.7 Å². The van der Waals surface area contributed by atoms with Crippen LogP contribution >= 0.6 is 0 Å². The van der Waals surface area contributed by atoms with Crippen molar-refractivity contribution >= 4 is 5.91 Å². The highest BCUT2D eigenvalue weighted by molar-refractivity contribution is 5.83. The minimum Gasteiger partial charge on any atom is -0.342 e. The molecule has 0 spiro atoms. The summed E-state index contributed by atoms with van der Waals surface area (Å²) in [7, 11) is 0. The van der Waals surface area contributed by atoms with E-state index in [1.807, 2.05) is 23.1 Å². The number of rotatable bonds is 3. The van der Waals surface area contributed by atoms with E-state index in [0.717, 1.165) is 38.8 Å². The summed E-state index contributed by atoms with van der Waals surface area (Å²) in [6, 6.07) is 10.3. The predicted octanol–water partition coefficient (Wildman–Crippen LogP) is 2.16. The maximum Gasteiger partial charge on any atom is 0.228 e. The zero-order valence-electron chi connectivity index (χ0n) is 12.8. The van der Waals surface area contributed by atoms with Crippen LogP contribution in [0, 0.1) is 5.41 Å². The predicted molar refractivity (Wildman–Crippen MR) is 83.2 cm³/mol. The Morgan fingerprint density at radius 1 is 1.14 bits per heavy atom. The van der Waals surface area contributed by atoms with E-state index < -0.39 is 0 Å². The highest BCUT2D eigenvalue weighted by Gasteiger charge is 2.44. The fraction of sp³-hybridized carbons (Fsp3) is 0.588. The number of amides is 1. The largest absolute Gasteiger partial charge is 0.342 e.